The van der Waals surface area contributed by atoms with Crippen molar-refractivity contribution in [1.29, 1.82) is 0 Å². The fraction of sp³-hybridized carbons (Fsp3) is 0.474. The van der Waals surface area contributed by atoms with Crippen LogP contribution in [0.4, 0.5) is 0 Å². The van der Waals surface area contributed by atoms with Crippen LogP contribution in [0, 0.1) is 6.92 Å². The monoisotopic (exact) mass is 379 g/mol. The molecule has 1 aliphatic rings. The topological polar surface area (TPSA) is 55.4 Å². The van der Waals surface area contributed by atoms with Crippen molar-refractivity contribution >= 4 is 21.4 Å². The van der Waals surface area contributed by atoms with E-state index in [9.17, 15) is 8.42 Å². The van der Waals surface area contributed by atoms with Crippen molar-refractivity contribution in [3.05, 3.63) is 46.2 Å². The second kappa shape index (κ2) is 7.48. The summed E-state index contributed by atoms with van der Waals surface area (Å²) >= 11 is 1.73. The molecule has 1 saturated carbocycles. The molecule has 0 aliphatic heterocycles. The minimum absolute atomic E-state index is 0.0685. The van der Waals surface area contributed by atoms with Gasteiger partial charge in [0.15, 0.2) is 0 Å². The first kappa shape index (κ1) is 18.4. The van der Waals surface area contributed by atoms with Gasteiger partial charge in [-0.3, -0.25) is 0 Å². The lowest BCUT2D eigenvalue weighted by molar-refractivity contribution is 0.298. The van der Waals surface area contributed by atoms with Crippen molar-refractivity contribution in [1.82, 2.24) is 4.72 Å². The van der Waals surface area contributed by atoms with Crippen LogP contribution in [0.25, 0.3) is 0 Å². The summed E-state index contributed by atoms with van der Waals surface area (Å²) in [5.74, 6) is 0.696. The summed E-state index contributed by atoms with van der Waals surface area (Å²) in [6, 6.07) is 9.17. The number of rotatable bonds is 6. The molecule has 0 spiro atoms. The molecule has 0 atom stereocenters. The van der Waals surface area contributed by atoms with E-state index in [0.29, 0.717) is 17.2 Å². The van der Waals surface area contributed by atoms with Crippen LogP contribution >= 0.6 is 11.3 Å². The van der Waals surface area contributed by atoms with Gasteiger partial charge in [0.1, 0.15) is 5.75 Å². The van der Waals surface area contributed by atoms with Gasteiger partial charge in [0, 0.05) is 16.8 Å². The number of ether oxygens (including phenoxy) is 1. The smallest absolute Gasteiger partial charge is 0.240 e. The number of thiophene rings is 1. The average Bonchev–Trinajstić information content (AvgIpc) is 3.16. The summed E-state index contributed by atoms with van der Waals surface area (Å²) in [4.78, 5) is 1.59. The van der Waals surface area contributed by atoms with E-state index in [0.717, 1.165) is 31.2 Å². The third-order valence-corrected chi connectivity index (χ3v) is 7.65. The molecule has 136 valence electrons. The molecule has 1 aliphatic carbocycles. The van der Waals surface area contributed by atoms with Gasteiger partial charge in [-0.15, -0.1) is 11.3 Å². The zero-order chi connectivity index (χ0) is 17.9. The van der Waals surface area contributed by atoms with Crippen LogP contribution in [0.3, 0.4) is 0 Å². The minimum Gasteiger partial charge on any atom is -0.496 e. The van der Waals surface area contributed by atoms with Gasteiger partial charge in [-0.2, -0.15) is 0 Å². The molecule has 0 amide bonds. The normalized spacial score (nSPS) is 17.4. The summed E-state index contributed by atoms with van der Waals surface area (Å²) in [5, 5.41) is 2.08. The van der Waals surface area contributed by atoms with Crippen LogP contribution < -0.4 is 9.46 Å². The molecule has 0 bridgehead atoms. The first-order valence-electron chi connectivity index (χ1n) is 8.65. The van der Waals surface area contributed by atoms with Crippen LogP contribution in [0.5, 0.6) is 5.75 Å². The number of aryl methyl sites for hydroxylation is 1. The maximum Gasteiger partial charge on any atom is 0.240 e. The Labute approximate surface area is 154 Å². The zero-order valence-corrected chi connectivity index (χ0v) is 16.4. The highest BCUT2D eigenvalue weighted by Crippen LogP contribution is 2.41. The lowest BCUT2D eigenvalue weighted by Crippen LogP contribution is -2.41. The Morgan fingerprint density at radius 2 is 1.96 bits per heavy atom. The summed E-state index contributed by atoms with van der Waals surface area (Å²) in [6.07, 6.45) is 5.62. The number of methoxy groups -OCH3 is 1. The van der Waals surface area contributed by atoms with Crippen LogP contribution in [0.15, 0.2) is 40.6 Å². The second-order valence-electron chi connectivity index (χ2n) is 6.77. The van der Waals surface area contributed by atoms with Crippen molar-refractivity contribution in [2.24, 2.45) is 0 Å². The van der Waals surface area contributed by atoms with Gasteiger partial charge in [-0.1, -0.05) is 25.3 Å². The van der Waals surface area contributed by atoms with Crippen molar-refractivity contribution in [2.45, 2.75) is 49.3 Å². The molecular formula is C19H25NO3S2. The molecular weight excluding hydrogens is 354 g/mol. The first-order valence-corrected chi connectivity index (χ1v) is 11.0. The Morgan fingerprint density at radius 1 is 1.20 bits per heavy atom. The Kier molecular flexibility index (Phi) is 5.51. The Balaban J connectivity index is 1.81. The molecule has 1 heterocycles. The van der Waals surface area contributed by atoms with E-state index >= 15 is 0 Å². The van der Waals surface area contributed by atoms with E-state index in [1.807, 2.05) is 6.92 Å². The Morgan fingerprint density at radius 3 is 2.56 bits per heavy atom. The number of hydrogen-bond donors (Lipinski definition) is 1. The van der Waals surface area contributed by atoms with E-state index in [1.165, 1.54) is 11.3 Å². The quantitative estimate of drug-likeness (QED) is 0.816. The van der Waals surface area contributed by atoms with Gasteiger partial charge in [-0.05, 0) is 55.0 Å². The number of sulfonamides is 1. The van der Waals surface area contributed by atoms with Crippen LogP contribution in [0.1, 0.15) is 42.5 Å². The number of nitrogens with one attached hydrogen (secondary N) is 1. The Hall–Kier alpha value is -1.37. The zero-order valence-electron chi connectivity index (χ0n) is 14.7. The molecule has 0 unspecified atom stereocenters. The first-order chi connectivity index (χ1) is 12.0. The van der Waals surface area contributed by atoms with Crippen LogP contribution in [0.2, 0.25) is 0 Å². The molecule has 4 nitrogen and oxygen atoms in total. The molecule has 25 heavy (non-hydrogen) atoms. The largest absolute Gasteiger partial charge is 0.496 e. The number of hydrogen-bond acceptors (Lipinski definition) is 4. The maximum atomic E-state index is 12.8. The fourth-order valence-corrected chi connectivity index (χ4v) is 5.85. The Bertz CT molecular complexity index is 807. The molecule has 0 radical (unpaired) electrons. The molecule has 6 heteroatoms. The van der Waals surface area contributed by atoms with Gasteiger partial charge in [-0.25, -0.2) is 13.1 Å². The van der Waals surface area contributed by atoms with E-state index < -0.39 is 10.0 Å². The molecule has 0 saturated heterocycles. The standard InChI is InChI=1S/C19H25NO3S2/c1-15-13-16(8-9-17(15)23-2)25(21,22)20-14-19(10-4-3-5-11-19)18-7-6-12-24-18/h6-9,12-13,20H,3-5,10-11,14H2,1-2H3. The predicted molar refractivity (Wildman–Crippen MR) is 102 cm³/mol. The summed E-state index contributed by atoms with van der Waals surface area (Å²) in [5.41, 5.74) is 0.747. The van der Waals surface area contributed by atoms with Crippen molar-refractivity contribution < 1.29 is 13.2 Å². The van der Waals surface area contributed by atoms with Crippen LogP contribution in [-0.4, -0.2) is 22.1 Å². The lowest BCUT2D eigenvalue weighted by Gasteiger charge is -2.36. The van der Waals surface area contributed by atoms with Crippen molar-refractivity contribution in [3.8, 4) is 5.75 Å². The third-order valence-electron chi connectivity index (χ3n) is 5.13. The van der Waals surface area contributed by atoms with Gasteiger partial charge in [0.25, 0.3) is 0 Å². The molecule has 2 aromatic rings. The predicted octanol–water partition coefficient (Wildman–Crippen LogP) is 4.25. The summed E-state index contributed by atoms with van der Waals surface area (Å²) in [7, 11) is -1.95. The lowest BCUT2D eigenvalue weighted by atomic mass is 9.73. The van der Waals surface area contributed by atoms with Gasteiger partial charge in [0.05, 0.1) is 12.0 Å². The highest BCUT2D eigenvalue weighted by molar-refractivity contribution is 7.89. The molecule has 3 rings (SSSR count). The molecule has 1 aromatic heterocycles. The van der Waals surface area contributed by atoms with Crippen molar-refractivity contribution in [3.63, 3.8) is 0 Å². The fourth-order valence-electron chi connectivity index (χ4n) is 3.65. The molecule has 1 N–H and O–H groups in total. The minimum atomic E-state index is -3.54. The summed E-state index contributed by atoms with van der Waals surface area (Å²) in [6.45, 7) is 2.31. The van der Waals surface area contributed by atoms with E-state index in [4.69, 9.17) is 4.74 Å². The van der Waals surface area contributed by atoms with E-state index in [2.05, 4.69) is 22.2 Å². The van der Waals surface area contributed by atoms with E-state index in [-0.39, 0.29) is 5.41 Å². The second-order valence-corrected chi connectivity index (χ2v) is 9.49. The molecule has 1 aromatic carbocycles. The number of benzene rings is 1. The van der Waals surface area contributed by atoms with Crippen molar-refractivity contribution in [2.75, 3.05) is 13.7 Å². The maximum absolute atomic E-state index is 12.8. The molecule has 1 fully saturated rings. The average molecular weight is 380 g/mol. The van der Waals surface area contributed by atoms with Gasteiger partial charge < -0.3 is 4.74 Å². The SMILES string of the molecule is COc1ccc(S(=O)(=O)NCC2(c3cccs3)CCCCC2)cc1C. The highest BCUT2D eigenvalue weighted by atomic mass is 32.2. The highest BCUT2D eigenvalue weighted by Gasteiger charge is 2.36. The third kappa shape index (κ3) is 3.91. The summed E-state index contributed by atoms with van der Waals surface area (Å²) < 4.78 is 33.7. The van der Waals surface area contributed by atoms with Gasteiger partial charge >= 0.3 is 0 Å². The van der Waals surface area contributed by atoms with Gasteiger partial charge in [0.2, 0.25) is 10.0 Å². The van der Waals surface area contributed by atoms with E-state index in [1.54, 1.807) is 36.6 Å². The van der Waals surface area contributed by atoms with Crippen LogP contribution in [-0.2, 0) is 15.4 Å².